The molecule has 2 aromatic rings. The van der Waals surface area contributed by atoms with E-state index >= 15 is 0 Å². The molecular weight excluding hydrogens is 224 g/mol. The quantitative estimate of drug-likeness (QED) is 0.355. The van der Waals surface area contributed by atoms with Crippen molar-refractivity contribution in [2.45, 2.75) is 0 Å². The van der Waals surface area contributed by atoms with Gasteiger partial charge in [-0.15, -0.1) is 0 Å². The van der Waals surface area contributed by atoms with E-state index in [1.54, 1.807) is 12.1 Å². The number of rotatable bonds is 0. The molecule has 17 heavy (non-hydrogen) atoms. The van der Waals surface area contributed by atoms with Crippen molar-refractivity contribution in [3.63, 3.8) is 0 Å². The highest BCUT2D eigenvalue weighted by atomic mass is 16.3. The third-order valence-corrected chi connectivity index (χ3v) is 1.84. The lowest BCUT2D eigenvalue weighted by Crippen LogP contribution is -1.66. The number of hydrogen-bond acceptors (Lipinski definition) is 5. The number of aromatic hydroxyl groups is 5. The molecule has 0 saturated carbocycles. The Kier molecular flexibility index (Phi) is 4.05. The fourth-order valence-electron chi connectivity index (χ4n) is 0.976. The first-order valence-corrected chi connectivity index (χ1v) is 4.68. The van der Waals surface area contributed by atoms with Crippen molar-refractivity contribution in [2.24, 2.45) is 0 Å². The van der Waals surface area contributed by atoms with Crippen LogP contribution >= 0.6 is 0 Å². The predicted octanol–water partition coefficient (Wildman–Crippen LogP) is 1.90. The van der Waals surface area contributed by atoms with Crippen molar-refractivity contribution in [3.8, 4) is 28.7 Å². The molecule has 0 aliphatic carbocycles. The molecule has 0 spiro atoms. The average molecular weight is 236 g/mol. The summed E-state index contributed by atoms with van der Waals surface area (Å²) in [4.78, 5) is 0. The molecule has 0 unspecified atom stereocenters. The molecule has 5 heteroatoms. The summed E-state index contributed by atoms with van der Waals surface area (Å²) in [7, 11) is 0. The number of phenols is 5. The molecule has 2 aromatic carbocycles. The second-order valence-corrected chi connectivity index (χ2v) is 3.16. The molecule has 0 heterocycles. The van der Waals surface area contributed by atoms with Crippen LogP contribution in [0, 0.1) is 0 Å². The van der Waals surface area contributed by atoms with Crippen molar-refractivity contribution in [1.82, 2.24) is 0 Å². The summed E-state index contributed by atoms with van der Waals surface area (Å²) in [5, 5.41) is 43.4. The maximum Gasteiger partial charge on any atom is 0.161 e. The van der Waals surface area contributed by atoms with Gasteiger partial charge >= 0.3 is 0 Å². The standard InChI is InChI=1S/C6H6O3.C6H6O2/c7-4-1-2-5(8)6(9)3-4;7-5-3-1-2-4-6(5)8/h1-3,7-9H;1-4,7-8H. The molecule has 0 radical (unpaired) electrons. The number of phenolic OH excluding ortho intramolecular Hbond substituents is 5. The monoisotopic (exact) mass is 236 g/mol. The molecule has 0 atom stereocenters. The van der Waals surface area contributed by atoms with Gasteiger partial charge in [-0.2, -0.15) is 0 Å². The Balaban J connectivity index is 0.000000171. The first kappa shape index (κ1) is 12.5. The van der Waals surface area contributed by atoms with E-state index in [-0.39, 0.29) is 28.7 Å². The smallest absolute Gasteiger partial charge is 0.161 e. The van der Waals surface area contributed by atoms with E-state index in [0.29, 0.717) is 0 Å². The first-order chi connectivity index (χ1) is 8.00. The summed E-state index contributed by atoms with van der Waals surface area (Å²) in [6.45, 7) is 0. The predicted molar refractivity (Wildman–Crippen MR) is 61.2 cm³/mol. The Labute approximate surface area is 97.5 Å². The van der Waals surface area contributed by atoms with Gasteiger partial charge in [-0.1, -0.05) is 12.1 Å². The third-order valence-electron chi connectivity index (χ3n) is 1.84. The van der Waals surface area contributed by atoms with Crippen molar-refractivity contribution in [1.29, 1.82) is 0 Å². The van der Waals surface area contributed by atoms with Crippen LogP contribution < -0.4 is 0 Å². The van der Waals surface area contributed by atoms with Gasteiger partial charge in [-0.3, -0.25) is 0 Å². The normalized spacial score (nSPS) is 9.18. The van der Waals surface area contributed by atoms with Crippen molar-refractivity contribution in [2.75, 3.05) is 0 Å². The molecule has 0 aliphatic heterocycles. The zero-order chi connectivity index (χ0) is 12.8. The largest absolute Gasteiger partial charge is 0.508 e. The summed E-state index contributed by atoms with van der Waals surface area (Å²) in [5.41, 5.74) is 0. The molecule has 0 saturated heterocycles. The Morgan fingerprint density at radius 2 is 1.00 bits per heavy atom. The lowest BCUT2D eigenvalue weighted by molar-refractivity contribution is 0.396. The molecule has 0 bridgehead atoms. The molecule has 90 valence electrons. The summed E-state index contributed by atoms with van der Waals surface area (Å²) in [6, 6.07) is 9.71. The maximum absolute atomic E-state index is 8.69. The van der Waals surface area contributed by atoms with Gasteiger partial charge in [0.1, 0.15) is 5.75 Å². The Bertz CT molecular complexity index is 475. The van der Waals surface area contributed by atoms with Crippen LogP contribution in [0.15, 0.2) is 42.5 Å². The highest BCUT2D eigenvalue weighted by Gasteiger charge is 1.96. The number of benzene rings is 2. The summed E-state index contributed by atoms with van der Waals surface area (Å²) in [6.07, 6.45) is 0. The van der Waals surface area contributed by atoms with Crippen molar-refractivity contribution < 1.29 is 25.5 Å². The van der Waals surface area contributed by atoms with Crippen LogP contribution in [0.25, 0.3) is 0 Å². The van der Waals surface area contributed by atoms with Crippen molar-refractivity contribution >= 4 is 0 Å². The SMILES string of the molecule is Oc1ccc(O)c(O)c1.Oc1ccccc1O. The lowest BCUT2D eigenvalue weighted by Gasteiger charge is -1.95. The van der Waals surface area contributed by atoms with Crippen LogP contribution in [0.3, 0.4) is 0 Å². The van der Waals surface area contributed by atoms with Gasteiger partial charge < -0.3 is 25.5 Å². The highest BCUT2D eigenvalue weighted by Crippen LogP contribution is 2.27. The molecule has 0 aromatic heterocycles. The van der Waals surface area contributed by atoms with Gasteiger partial charge in [0.05, 0.1) is 0 Å². The van der Waals surface area contributed by atoms with Gasteiger partial charge in [-0.25, -0.2) is 0 Å². The van der Waals surface area contributed by atoms with E-state index in [2.05, 4.69) is 0 Å². The van der Waals surface area contributed by atoms with Gasteiger partial charge in [0.25, 0.3) is 0 Å². The zero-order valence-electron chi connectivity index (χ0n) is 8.78. The molecule has 0 aliphatic rings. The van der Waals surface area contributed by atoms with E-state index in [4.69, 9.17) is 25.5 Å². The maximum atomic E-state index is 8.69. The van der Waals surface area contributed by atoms with Crippen LogP contribution in [0.4, 0.5) is 0 Å². The minimum absolute atomic E-state index is 0.0645. The minimum Gasteiger partial charge on any atom is -0.508 e. The topological polar surface area (TPSA) is 101 Å². The van der Waals surface area contributed by atoms with Gasteiger partial charge in [0.2, 0.25) is 0 Å². The fourth-order valence-corrected chi connectivity index (χ4v) is 0.976. The zero-order valence-corrected chi connectivity index (χ0v) is 8.78. The van der Waals surface area contributed by atoms with E-state index in [1.165, 1.54) is 24.3 Å². The van der Waals surface area contributed by atoms with E-state index in [1.807, 2.05) is 0 Å². The fraction of sp³-hybridized carbons (Fsp3) is 0. The number of para-hydroxylation sites is 2. The molecule has 5 nitrogen and oxygen atoms in total. The van der Waals surface area contributed by atoms with E-state index in [0.717, 1.165) is 6.07 Å². The Hall–Kier alpha value is -2.56. The van der Waals surface area contributed by atoms with Crippen LogP contribution in [-0.2, 0) is 0 Å². The van der Waals surface area contributed by atoms with Gasteiger partial charge in [0, 0.05) is 6.07 Å². The van der Waals surface area contributed by atoms with Gasteiger partial charge in [-0.05, 0) is 24.3 Å². The molecule has 0 amide bonds. The first-order valence-electron chi connectivity index (χ1n) is 4.68. The molecule has 0 fully saturated rings. The third kappa shape index (κ3) is 3.83. The van der Waals surface area contributed by atoms with Crippen LogP contribution in [-0.4, -0.2) is 25.5 Å². The molecule has 2 rings (SSSR count). The summed E-state index contributed by atoms with van der Waals surface area (Å²) < 4.78 is 0. The van der Waals surface area contributed by atoms with Crippen molar-refractivity contribution in [3.05, 3.63) is 42.5 Å². The van der Waals surface area contributed by atoms with Crippen LogP contribution in [0.5, 0.6) is 28.7 Å². The molecular formula is C12H12O5. The van der Waals surface area contributed by atoms with E-state index in [9.17, 15) is 0 Å². The molecule has 5 N–H and O–H groups in total. The second-order valence-electron chi connectivity index (χ2n) is 3.16. The summed E-state index contributed by atoms with van der Waals surface area (Å²) in [5.74, 6) is -0.756. The Morgan fingerprint density at radius 3 is 1.35 bits per heavy atom. The van der Waals surface area contributed by atoms with Gasteiger partial charge in [0.15, 0.2) is 23.0 Å². The minimum atomic E-state index is -0.310. The number of hydrogen-bond donors (Lipinski definition) is 5. The summed E-state index contributed by atoms with van der Waals surface area (Å²) >= 11 is 0. The van der Waals surface area contributed by atoms with Crippen LogP contribution in [0.1, 0.15) is 0 Å². The van der Waals surface area contributed by atoms with E-state index < -0.39 is 0 Å². The average Bonchev–Trinajstić information content (AvgIpc) is 2.29. The van der Waals surface area contributed by atoms with Crippen LogP contribution in [0.2, 0.25) is 0 Å². The lowest BCUT2D eigenvalue weighted by atomic mass is 10.3. The second kappa shape index (κ2) is 5.50. The highest BCUT2D eigenvalue weighted by molar-refractivity contribution is 5.42. The Morgan fingerprint density at radius 1 is 0.529 bits per heavy atom.